The Balaban J connectivity index is 1.36. The lowest BCUT2D eigenvalue weighted by Gasteiger charge is -2.34. The average Bonchev–Trinajstić information content (AvgIpc) is 3.23. The van der Waals surface area contributed by atoms with E-state index in [1.165, 1.54) is 40.9 Å². The molecule has 0 atom stereocenters. The molecule has 160 valence electrons. The summed E-state index contributed by atoms with van der Waals surface area (Å²) in [5, 5.41) is 11.8. The standard InChI is InChI=1S/C21H20ClN5O3S/c1-14-2-4-15(5-3-14)12-19-23-21(31-24-19)26-10-8-25(9-11-26)20(28)17-7-6-16(27(29)30)13-18(17)22/h2-7,13H,8-12H2,1H3. The number of benzene rings is 2. The third kappa shape index (κ3) is 4.83. The molecule has 0 N–H and O–H groups in total. The summed E-state index contributed by atoms with van der Waals surface area (Å²) in [6.45, 7) is 4.35. The first-order valence-corrected chi connectivity index (χ1v) is 10.9. The van der Waals surface area contributed by atoms with E-state index in [-0.39, 0.29) is 22.2 Å². The molecule has 1 amide bonds. The fraction of sp³-hybridized carbons (Fsp3) is 0.286. The molecule has 1 aromatic heterocycles. The zero-order valence-electron chi connectivity index (χ0n) is 16.8. The molecule has 2 heterocycles. The predicted molar refractivity (Wildman–Crippen MR) is 120 cm³/mol. The van der Waals surface area contributed by atoms with Gasteiger partial charge in [0.15, 0.2) is 0 Å². The molecule has 8 nitrogen and oxygen atoms in total. The van der Waals surface area contributed by atoms with Gasteiger partial charge in [0.05, 0.1) is 15.5 Å². The van der Waals surface area contributed by atoms with Gasteiger partial charge in [0, 0.05) is 56.3 Å². The van der Waals surface area contributed by atoms with Crippen LogP contribution >= 0.6 is 23.1 Å². The van der Waals surface area contributed by atoms with Gasteiger partial charge in [-0.25, -0.2) is 4.98 Å². The molecule has 0 unspecified atom stereocenters. The van der Waals surface area contributed by atoms with Crippen LogP contribution in [0.2, 0.25) is 5.02 Å². The van der Waals surface area contributed by atoms with Gasteiger partial charge in [0.25, 0.3) is 11.6 Å². The van der Waals surface area contributed by atoms with E-state index in [0.717, 1.165) is 11.0 Å². The average molecular weight is 458 g/mol. The van der Waals surface area contributed by atoms with Crippen molar-refractivity contribution in [3.05, 3.63) is 80.1 Å². The first-order valence-electron chi connectivity index (χ1n) is 9.77. The van der Waals surface area contributed by atoms with Crippen molar-refractivity contribution in [2.45, 2.75) is 13.3 Å². The molecular weight excluding hydrogens is 438 g/mol. The number of piperazine rings is 1. The number of halogens is 1. The Hall–Kier alpha value is -3.04. The minimum absolute atomic E-state index is 0.0894. The number of rotatable bonds is 5. The second kappa shape index (κ2) is 8.99. The summed E-state index contributed by atoms with van der Waals surface area (Å²) in [6.07, 6.45) is 0.688. The number of hydrogen-bond donors (Lipinski definition) is 0. The number of amides is 1. The monoisotopic (exact) mass is 457 g/mol. The van der Waals surface area contributed by atoms with Crippen LogP contribution in [-0.2, 0) is 6.42 Å². The summed E-state index contributed by atoms with van der Waals surface area (Å²) in [5.41, 5.74) is 2.53. The molecule has 31 heavy (non-hydrogen) atoms. The van der Waals surface area contributed by atoms with Gasteiger partial charge >= 0.3 is 0 Å². The van der Waals surface area contributed by atoms with E-state index in [9.17, 15) is 14.9 Å². The number of aromatic nitrogens is 2. The Morgan fingerprint density at radius 2 is 1.87 bits per heavy atom. The van der Waals surface area contributed by atoms with E-state index in [1.54, 1.807) is 4.90 Å². The smallest absolute Gasteiger partial charge is 0.270 e. The second-order valence-electron chi connectivity index (χ2n) is 7.36. The summed E-state index contributed by atoms with van der Waals surface area (Å²) in [6, 6.07) is 12.3. The van der Waals surface area contributed by atoms with Crippen LogP contribution in [-0.4, -0.2) is 51.3 Å². The number of carbonyl (C=O) groups is 1. The van der Waals surface area contributed by atoms with Crippen LogP contribution in [0.15, 0.2) is 42.5 Å². The maximum Gasteiger partial charge on any atom is 0.270 e. The highest BCUT2D eigenvalue weighted by molar-refractivity contribution is 7.09. The third-order valence-electron chi connectivity index (χ3n) is 5.17. The van der Waals surface area contributed by atoms with Crippen molar-refractivity contribution in [1.29, 1.82) is 0 Å². The van der Waals surface area contributed by atoms with E-state index >= 15 is 0 Å². The first-order chi connectivity index (χ1) is 14.9. The summed E-state index contributed by atoms with van der Waals surface area (Å²) in [4.78, 5) is 31.6. The summed E-state index contributed by atoms with van der Waals surface area (Å²) in [7, 11) is 0. The lowest BCUT2D eigenvalue weighted by Crippen LogP contribution is -2.48. The molecule has 2 aromatic carbocycles. The molecule has 0 radical (unpaired) electrons. The summed E-state index contributed by atoms with van der Waals surface area (Å²) < 4.78 is 4.48. The second-order valence-corrected chi connectivity index (χ2v) is 8.49. The lowest BCUT2D eigenvalue weighted by molar-refractivity contribution is -0.384. The number of nitro benzene ring substituents is 1. The third-order valence-corrected chi connectivity index (χ3v) is 6.30. The molecule has 4 rings (SSSR count). The molecule has 1 fully saturated rings. The Bertz CT molecular complexity index is 1110. The number of nitro groups is 1. The van der Waals surface area contributed by atoms with Gasteiger partial charge in [0.1, 0.15) is 5.82 Å². The van der Waals surface area contributed by atoms with Crippen molar-refractivity contribution in [2.75, 3.05) is 31.1 Å². The van der Waals surface area contributed by atoms with Gasteiger partial charge in [-0.2, -0.15) is 4.37 Å². The zero-order chi connectivity index (χ0) is 22.0. The number of carbonyl (C=O) groups excluding carboxylic acids is 1. The molecule has 1 aliphatic heterocycles. The van der Waals surface area contributed by atoms with Gasteiger partial charge in [-0.3, -0.25) is 14.9 Å². The summed E-state index contributed by atoms with van der Waals surface area (Å²) >= 11 is 7.48. The SMILES string of the molecule is Cc1ccc(Cc2nsc(N3CCN(C(=O)c4ccc([N+](=O)[O-])cc4Cl)CC3)n2)cc1. The van der Waals surface area contributed by atoms with Gasteiger partial charge in [0.2, 0.25) is 5.13 Å². The highest BCUT2D eigenvalue weighted by Crippen LogP contribution is 2.25. The Morgan fingerprint density at radius 1 is 1.16 bits per heavy atom. The van der Waals surface area contributed by atoms with Crippen LogP contribution in [0.3, 0.4) is 0 Å². The van der Waals surface area contributed by atoms with E-state index < -0.39 is 4.92 Å². The zero-order valence-corrected chi connectivity index (χ0v) is 18.4. The van der Waals surface area contributed by atoms with E-state index in [2.05, 4.69) is 45.4 Å². The van der Waals surface area contributed by atoms with Crippen LogP contribution in [0.5, 0.6) is 0 Å². The number of aryl methyl sites for hydroxylation is 1. The van der Waals surface area contributed by atoms with Crippen LogP contribution in [0.25, 0.3) is 0 Å². The van der Waals surface area contributed by atoms with Gasteiger partial charge in [-0.1, -0.05) is 41.4 Å². The number of hydrogen-bond acceptors (Lipinski definition) is 7. The van der Waals surface area contributed by atoms with Crippen LogP contribution in [0, 0.1) is 17.0 Å². The van der Waals surface area contributed by atoms with E-state index in [0.29, 0.717) is 32.6 Å². The Labute approximate surface area is 188 Å². The van der Waals surface area contributed by atoms with Gasteiger partial charge < -0.3 is 9.80 Å². The normalized spacial score (nSPS) is 14.0. The summed E-state index contributed by atoms with van der Waals surface area (Å²) in [5.74, 6) is 0.567. The van der Waals surface area contributed by atoms with E-state index in [4.69, 9.17) is 11.6 Å². The van der Waals surface area contributed by atoms with Crippen molar-refractivity contribution >= 4 is 39.9 Å². The van der Waals surface area contributed by atoms with Gasteiger partial charge in [-0.15, -0.1) is 0 Å². The van der Waals surface area contributed by atoms with Crippen LogP contribution < -0.4 is 4.90 Å². The maximum absolute atomic E-state index is 12.8. The van der Waals surface area contributed by atoms with Crippen molar-refractivity contribution in [1.82, 2.24) is 14.3 Å². The number of anilines is 1. The van der Waals surface area contributed by atoms with Crippen LogP contribution in [0.1, 0.15) is 27.3 Å². The number of nitrogens with zero attached hydrogens (tertiary/aromatic N) is 5. The largest absolute Gasteiger partial charge is 0.343 e. The predicted octanol–water partition coefficient (Wildman–Crippen LogP) is 3.96. The van der Waals surface area contributed by atoms with E-state index in [1.807, 2.05) is 0 Å². The van der Waals surface area contributed by atoms with Crippen molar-refractivity contribution < 1.29 is 9.72 Å². The molecule has 0 aliphatic carbocycles. The molecule has 1 aliphatic rings. The molecular formula is C21H20ClN5O3S. The highest BCUT2D eigenvalue weighted by Gasteiger charge is 2.26. The molecule has 10 heteroatoms. The highest BCUT2D eigenvalue weighted by atomic mass is 35.5. The lowest BCUT2D eigenvalue weighted by atomic mass is 10.1. The Morgan fingerprint density at radius 3 is 2.52 bits per heavy atom. The fourth-order valence-electron chi connectivity index (χ4n) is 3.40. The minimum Gasteiger partial charge on any atom is -0.343 e. The molecule has 0 bridgehead atoms. The number of non-ortho nitro benzene ring substituents is 1. The molecule has 0 spiro atoms. The topological polar surface area (TPSA) is 92.5 Å². The Kier molecular flexibility index (Phi) is 6.15. The van der Waals surface area contributed by atoms with Crippen molar-refractivity contribution in [2.24, 2.45) is 0 Å². The maximum atomic E-state index is 12.8. The van der Waals surface area contributed by atoms with Crippen molar-refractivity contribution in [3.8, 4) is 0 Å². The minimum atomic E-state index is -0.534. The fourth-order valence-corrected chi connectivity index (χ4v) is 4.39. The first kappa shape index (κ1) is 21.2. The quantitative estimate of drug-likeness (QED) is 0.425. The van der Waals surface area contributed by atoms with Crippen molar-refractivity contribution in [3.63, 3.8) is 0 Å². The molecule has 0 saturated carbocycles. The van der Waals surface area contributed by atoms with Crippen LogP contribution in [0.4, 0.5) is 10.8 Å². The molecule has 1 saturated heterocycles. The molecule has 3 aromatic rings. The van der Waals surface area contributed by atoms with Gasteiger partial charge in [-0.05, 0) is 18.6 Å².